The van der Waals surface area contributed by atoms with Gasteiger partial charge in [-0.05, 0) is 11.1 Å². The number of rotatable bonds is 2. The Kier molecular flexibility index (Phi) is 8.23. The van der Waals surface area contributed by atoms with Crippen LogP contribution in [0.15, 0.2) is 34.5 Å². The van der Waals surface area contributed by atoms with Crippen LogP contribution in [-0.4, -0.2) is 17.8 Å². The minimum absolute atomic E-state index is 0.0341. The topological polar surface area (TPSA) is 127 Å². The number of nitrogens with zero attached hydrogens (tertiary/aromatic N) is 4. The lowest BCUT2D eigenvalue weighted by molar-refractivity contribution is -0.121. The van der Waals surface area contributed by atoms with Crippen LogP contribution in [0, 0.1) is 29.6 Å². The maximum atomic E-state index is 11.1. The van der Waals surface area contributed by atoms with Gasteiger partial charge in [0.2, 0.25) is 5.91 Å². The zero-order valence-electron chi connectivity index (χ0n) is 11.6. The molecule has 1 amide bonds. The number of amides is 1. The quantitative estimate of drug-likeness (QED) is 0.479. The molecule has 1 aliphatic heterocycles. The minimum Gasteiger partial charge on any atom is -0.323 e. The summed E-state index contributed by atoms with van der Waals surface area (Å²) in [6.45, 7) is 8.99. The van der Waals surface area contributed by atoms with Crippen molar-refractivity contribution in [1.29, 1.82) is 10.5 Å². The monoisotopic (exact) mass is 284 g/mol. The summed E-state index contributed by atoms with van der Waals surface area (Å²) in [5.74, 6) is 5.18. The number of carbonyl (C=O) groups is 1. The van der Waals surface area contributed by atoms with Crippen LogP contribution in [0.1, 0.15) is 24.5 Å². The van der Waals surface area contributed by atoms with Crippen LogP contribution in [0.2, 0.25) is 0 Å². The third-order valence-corrected chi connectivity index (χ3v) is 2.69. The summed E-state index contributed by atoms with van der Waals surface area (Å²) in [4.78, 5) is 11.1. The zero-order chi connectivity index (χ0) is 16.3. The highest BCUT2D eigenvalue weighted by Gasteiger charge is 2.21. The molecule has 0 saturated heterocycles. The lowest BCUT2D eigenvalue weighted by Gasteiger charge is -2.19. The zero-order valence-corrected chi connectivity index (χ0v) is 11.6. The molecular weight excluding hydrogens is 268 g/mol. The van der Waals surface area contributed by atoms with Gasteiger partial charge >= 0.3 is 0 Å². The Bertz CT molecular complexity index is 550. The van der Waals surface area contributed by atoms with Crippen molar-refractivity contribution in [1.82, 2.24) is 5.43 Å². The molecule has 108 valence electrons. The van der Waals surface area contributed by atoms with Gasteiger partial charge in [-0.2, -0.15) is 10.2 Å². The van der Waals surface area contributed by atoms with E-state index in [1.807, 2.05) is 31.2 Å². The molecular formula is C14H16N6O. The van der Waals surface area contributed by atoms with Crippen LogP contribution in [0.25, 0.3) is 0 Å². The normalized spacial score (nSPS) is 16.5. The average molecular weight is 284 g/mol. The fourth-order valence-electron chi connectivity index (χ4n) is 1.83. The molecule has 0 aliphatic carbocycles. The van der Waals surface area contributed by atoms with E-state index in [4.69, 9.17) is 16.4 Å². The first-order chi connectivity index (χ1) is 10.2. The molecule has 1 atom stereocenters. The first kappa shape index (κ1) is 17.8. The second-order valence-corrected chi connectivity index (χ2v) is 4.04. The van der Waals surface area contributed by atoms with Gasteiger partial charge in [0.1, 0.15) is 0 Å². The Morgan fingerprint density at radius 3 is 2.38 bits per heavy atom. The highest BCUT2D eigenvalue weighted by atomic mass is 16.2. The van der Waals surface area contributed by atoms with Crippen molar-refractivity contribution in [2.75, 3.05) is 0 Å². The van der Waals surface area contributed by atoms with Gasteiger partial charge < -0.3 is 5.84 Å². The van der Waals surface area contributed by atoms with Gasteiger partial charge in [0.15, 0.2) is 0 Å². The lowest BCUT2D eigenvalue weighted by Crippen LogP contribution is -2.31. The van der Waals surface area contributed by atoms with Gasteiger partial charge in [0.25, 0.3) is 0 Å². The van der Waals surface area contributed by atoms with E-state index in [1.165, 1.54) is 0 Å². The standard InChI is InChI=1S/C12H14N4O.2CHN/c1-8-6-11(17)15-16-12(8)10-4-2-9(3-5-10)7-14-13;2*1-2/h2-5,7-8H,6,13H2,1H3,(H,15,17);2*1H. The summed E-state index contributed by atoms with van der Waals surface area (Å²) >= 11 is 0. The van der Waals surface area contributed by atoms with Crippen molar-refractivity contribution in [2.45, 2.75) is 13.3 Å². The SMILES string of the molecule is C#N.C#N.CC1CC(=O)NN=C1c1ccc(C=NN)cc1. The van der Waals surface area contributed by atoms with Gasteiger partial charge in [0.05, 0.1) is 11.9 Å². The van der Waals surface area contributed by atoms with E-state index in [9.17, 15) is 4.79 Å². The van der Waals surface area contributed by atoms with Gasteiger partial charge in [-0.1, -0.05) is 31.2 Å². The Balaban J connectivity index is 0.000000921. The number of hydrogen-bond donors (Lipinski definition) is 2. The predicted molar refractivity (Wildman–Crippen MR) is 80.0 cm³/mol. The fourth-order valence-corrected chi connectivity index (χ4v) is 1.83. The van der Waals surface area contributed by atoms with Crippen molar-refractivity contribution >= 4 is 17.8 Å². The molecule has 1 heterocycles. The molecule has 0 bridgehead atoms. The summed E-state index contributed by atoms with van der Waals surface area (Å²) in [5, 5.41) is 20.6. The van der Waals surface area contributed by atoms with Crippen LogP contribution in [0.3, 0.4) is 0 Å². The Hall–Kier alpha value is -3.19. The number of nitrogens with one attached hydrogen (secondary N) is 1. The first-order valence-corrected chi connectivity index (χ1v) is 5.92. The smallest absolute Gasteiger partial charge is 0.240 e. The number of nitriles is 2. The van der Waals surface area contributed by atoms with Gasteiger partial charge in [0, 0.05) is 25.5 Å². The number of carbonyl (C=O) groups excluding carboxylic acids is 1. The summed E-state index contributed by atoms with van der Waals surface area (Å²) in [7, 11) is 0. The highest BCUT2D eigenvalue weighted by Crippen LogP contribution is 2.16. The lowest BCUT2D eigenvalue weighted by atomic mass is 9.94. The van der Waals surface area contributed by atoms with E-state index in [1.54, 1.807) is 6.21 Å². The Labute approximate surface area is 123 Å². The molecule has 7 nitrogen and oxygen atoms in total. The van der Waals surface area contributed by atoms with Crippen molar-refractivity contribution in [2.24, 2.45) is 22.0 Å². The molecule has 0 radical (unpaired) electrons. The largest absolute Gasteiger partial charge is 0.323 e. The third-order valence-electron chi connectivity index (χ3n) is 2.69. The first-order valence-electron chi connectivity index (χ1n) is 5.92. The fraction of sp³-hybridized carbons (Fsp3) is 0.214. The summed E-state index contributed by atoms with van der Waals surface area (Å²) in [6.07, 6.45) is 2.06. The number of hydrogen-bond acceptors (Lipinski definition) is 6. The van der Waals surface area contributed by atoms with Crippen LogP contribution in [0.4, 0.5) is 0 Å². The van der Waals surface area contributed by atoms with Crippen LogP contribution < -0.4 is 11.3 Å². The Morgan fingerprint density at radius 2 is 1.90 bits per heavy atom. The van der Waals surface area contributed by atoms with Crippen molar-refractivity contribution in [3.05, 3.63) is 35.4 Å². The average Bonchev–Trinajstić information content (AvgIpc) is 2.53. The van der Waals surface area contributed by atoms with E-state index in [-0.39, 0.29) is 11.8 Å². The number of hydrazone groups is 2. The molecule has 0 saturated carbocycles. The van der Waals surface area contributed by atoms with Crippen molar-refractivity contribution in [3.63, 3.8) is 0 Å². The van der Waals surface area contributed by atoms with E-state index >= 15 is 0 Å². The number of benzene rings is 1. The summed E-state index contributed by atoms with van der Waals surface area (Å²) < 4.78 is 0. The van der Waals surface area contributed by atoms with Crippen LogP contribution in [-0.2, 0) is 4.79 Å². The maximum Gasteiger partial charge on any atom is 0.240 e. The van der Waals surface area contributed by atoms with Gasteiger partial charge in [-0.3, -0.25) is 4.79 Å². The molecule has 0 fully saturated rings. The van der Waals surface area contributed by atoms with E-state index < -0.39 is 0 Å². The maximum absolute atomic E-state index is 11.1. The van der Waals surface area contributed by atoms with E-state index in [0.29, 0.717) is 6.42 Å². The molecule has 0 aromatic heterocycles. The second kappa shape index (κ2) is 9.70. The third kappa shape index (κ3) is 5.13. The molecule has 21 heavy (non-hydrogen) atoms. The van der Waals surface area contributed by atoms with Crippen molar-refractivity contribution in [3.8, 4) is 13.1 Å². The van der Waals surface area contributed by atoms with Gasteiger partial charge in [-0.15, -0.1) is 0 Å². The molecule has 7 heteroatoms. The predicted octanol–water partition coefficient (Wildman–Crippen LogP) is 1.12. The second-order valence-electron chi connectivity index (χ2n) is 4.04. The van der Waals surface area contributed by atoms with Crippen molar-refractivity contribution < 1.29 is 4.79 Å². The Morgan fingerprint density at radius 1 is 1.33 bits per heavy atom. The number of nitrogens with two attached hydrogens (primary N) is 1. The van der Waals surface area contributed by atoms with Crippen LogP contribution >= 0.6 is 0 Å². The molecule has 1 aromatic carbocycles. The summed E-state index contributed by atoms with van der Waals surface area (Å²) in [6, 6.07) is 7.72. The highest BCUT2D eigenvalue weighted by molar-refractivity contribution is 6.05. The molecule has 3 N–H and O–H groups in total. The molecule has 0 spiro atoms. The minimum atomic E-state index is -0.0341. The van der Waals surface area contributed by atoms with Gasteiger partial charge in [-0.25, -0.2) is 15.9 Å². The van der Waals surface area contributed by atoms with E-state index in [2.05, 4.69) is 28.8 Å². The van der Waals surface area contributed by atoms with E-state index in [0.717, 1.165) is 16.8 Å². The summed E-state index contributed by atoms with van der Waals surface area (Å²) in [5.41, 5.74) is 5.35. The molecule has 2 rings (SSSR count). The molecule has 1 aliphatic rings. The molecule has 1 aromatic rings. The molecule has 1 unspecified atom stereocenters. The van der Waals surface area contributed by atoms with Crippen LogP contribution in [0.5, 0.6) is 0 Å².